The lowest BCUT2D eigenvalue weighted by atomic mass is 10.2. The van der Waals surface area contributed by atoms with Gasteiger partial charge in [0.2, 0.25) is 6.79 Å². The molecule has 26 heavy (non-hydrogen) atoms. The number of anilines is 1. The number of carbonyl (C=O) groups excluding carboxylic acids is 2. The van der Waals surface area contributed by atoms with Gasteiger partial charge in [-0.1, -0.05) is 0 Å². The van der Waals surface area contributed by atoms with E-state index in [1.165, 1.54) is 12.1 Å². The Morgan fingerprint density at radius 1 is 1.04 bits per heavy atom. The first-order valence-electron chi connectivity index (χ1n) is 7.67. The maximum absolute atomic E-state index is 12.0. The van der Waals surface area contributed by atoms with Gasteiger partial charge in [-0.05, 0) is 36.4 Å². The Labute approximate surface area is 145 Å². The molecule has 3 aromatic rings. The molecule has 9 nitrogen and oxygen atoms in total. The van der Waals surface area contributed by atoms with Gasteiger partial charge in [0.05, 0.1) is 16.6 Å². The molecule has 0 unspecified atom stereocenters. The predicted molar refractivity (Wildman–Crippen MR) is 90.4 cm³/mol. The van der Waals surface area contributed by atoms with Gasteiger partial charge in [-0.15, -0.1) is 0 Å². The highest BCUT2D eigenvalue weighted by Crippen LogP contribution is 2.32. The monoisotopic (exact) mass is 355 g/mol. The smallest absolute Gasteiger partial charge is 0.338 e. The van der Waals surface area contributed by atoms with Crippen molar-refractivity contribution >= 4 is 28.6 Å². The van der Waals surface area contributed by atoms with E-state index in [-0.39, 0.29) is 18.0 Å². The zero-order chi connectivity index (χ0) is 18.1. The van der Waals surface area contributed by atoms with Gasteiger partial charge >= 0.3 is 11.7 Å². The highest BCUT2D eigenvalue weighted by atomic mass is 16.7. The van der Waals surface area contributed by atoms with Crippen LogP contribution in [-0.2, 0) is 9.53 Å². The third-order valence-electron chi connectivity index (χ3n) is 3.74. The van der Waals surface area contributed by atoms with E-state index in [1.54, 1.807) is 24.3 Å². The quantitative estimate of drug-likeness (QED) is 0.608. The Kier molecular flexibility index (Phi) is 3.81. The number of aromatic amines is 2. The van der Waals surface area contributed by atoms with Gasteiger partial charge in [0, 0.05) is 5.69 Å². The largest absolute Gasteiger partial charge is 0.454 e. The second kappa shape index (κ2) is 6.28. The van der Waals surface area contributed by atoms with Crippen LogP contribution in [0.3, 0.4) is 0 Å². The van der Waals surface area contributed by atoms with E-state index in [9.17, 15) is 14.4 Å². The summed E-state index contributed by atoms with van der Waals surface area (Å²) in [4.78, 5) is 40.4. The number of amides is 1. The van der Waals surface area contributed by atoms with Crippen LogP contribution in [0.5, 0.6) is 11.5 Å². The van der Waals surface area contributed by atoms with Gasteiger partial charge in [-0.3, -0.25) is 4.79 Å². The van der Waals surface area contributed by atoms with Gasteiger partial charge in [0.15, 0.2) is 18.1 Å². The molecule has 1 aliphatic rings. The molecule has 1 aliphatic heterocycles. The van der Waals surface area contributed by atoms with E-state index in [0.717, 1.165) is 0 Å². The SMILES string of the molecule is O=C(COC(=O)c1ccc2c(c1)OCO2)Nc1ccc2[nH]c(=O)[nH]c2c1. The Morgan fingerprint density at radius 3 is 2.73 bits per heavy atom. The minimum atomic E-state index is -0.649. The number of aromatic nitrogens is 2. The number of ether oxygens (including phenoxy) is 3. The first kappa shape index (κ1) is 15.8. The van der Waals surface area contributed by atoms with Crippen LogP contribution < -0.4 is 20.5 Å². The minimum absolute atomic E-state index is 0.104. The highest BCUT2D eigenvalue weighted by molar-refractivity contribution is 5.96. The molecule has 0 radical (unpaired) electrons. The predicted octanol–water partition coefficient (Wildman–Crippen LogP) is 1.38. The van der Waals surface area contributed by atoms with E-state index in [2.05, 4.69) is 15.3 Å². The lowest BCUT2D eigenvalue weighted by Gasteiger charge is -2.07. The first-order chi connectivity index (χ1) is 12.6. The third-order valence-corrected chi connectivity index (χ3v) is 3.74. The number of H-pyrrole nitrogens is 2. The number of imidazole rings is 1. The summed E-state index contributed by atoms with van der Waals surface area (Å²) in [5.74, 6) is -0.143. The molecule has 0 fully saturated rings. The highest BCUT2D eigenvalue weighted by Gasteiger charge is 2.17. The van der Waals surface area contributed by atoms with E-state index < -0.39 is 18.5 Å². The summed E-state index contributed by atoms with van der Waals surface area (Å²) < 4.78 is 15.4. The Morgan fingerprint density at radius 2 is 1.85 bits per heavy atom. The Bertz CT molecular complexity index is 1070. The zero-order valence-electron chi connectivity index (χ0n) is 13.3. The zero-order valence-corrected chi connectivity index (χ0v) is 13.3. The maximum atomic E-state index is 12.0. The van der Waals surface area contributed by atoms with Crippen LogP contribution in [0.15, 0.2) is 41.2 Å². The summed E-state index contributed by atoms with van der Waals surface area (Å²) in [5.41, 5.74) is 1.58. The lowest BCUT2D eigenvalue weighted by molar-refractivity contribution is -0.119. The van der Waals surface area contributed by atoms with E-state index in [4.69, 9.17) is 14.2 Å². The van der Waals surface area contributed by atoms with E-state index in [1.807, 2.05) is 0 Å². The molecule has 2 heterocycles. The molecule has 0 aliphatic carbocycles. The van der Waals surface area contributed by atoms with Gasteiger partial charge in [0.25, 0.3) is 5.91 Å². The van der Waals surface area contributed by atoms with Crippen LogP contribution in [0.1, 0.15) is 10.4 Å². The molecule has 132 valence electrons. The molecular formula is C17H13N3O6. The van der Waals surface area contributed by atoms with Crippen LogP contribution in [0.25, 0.3) is 11.0 Å². The molecule has 9 heteroatoms. The number of hydrogen-bond donors (Lipinski definition) is 3. The summed E-state index contributed by atoms with van der Waals surface area (Å²) >= 11 is 0. The molecule has 4 rings (SSSR count). The fourth-order valence-electron chi connectivity index (χ4n) is 2.55. The molecule has 1 amide bonds. The van der Waals surface area contributed by atoms with E-state index in [0.29, 0.717) is 28.2 Å². The van der Waals surface area contributed by atoms with Crippen molar-refractivity contribution in [3.8, 4) is 11.5 Å². The summed E-state index contributed by atoms with van der Waals surface area (Å²) in [5, 5.41) is 2.60. The number of esters is 1. The first-order valence-corrected chi connectivity index (χ1v) is 7.67. The molecule has 0 bridgehead atoms. The number of rotatable bonds is 4. The second-order valence-electron chi connectivity index (χ2n) is 5.53. The second-order valence-corrected chi connectivity index (χ2v) is 5.53. The standard InChI is InChI=1S/C17H13N3O6/c21-15(18-10-2-3-11-12(6-10)20-17(23)19-11)7-24-16(22)9-1-4-13-14(5-9)26-8-25-13/h1-6H,7-8H2,(H,18,21)(H2,19,20,23). The van der Waals surface area contributed by atoms with Gasteiger partial charge in [0.1, 0.15) is 0 Å². The lowest BCUT2D eigenvalue weighted by Crippen LogP contribution is -2.20. The minimum Gasteiger partial charge on any atom is -0.454 e. The Balaban J connectivity index is 1.36. The molecule has 1 aromatic heterocycles. The van der Waals surface area contributed by atoms with Gasteiger partial charge in [-0.25, -0.2) is 9.59 Å². The molecule has 3 N–H and O–H groups in total. The normalized spacial score (nSPS) is 12.2. The van der Waals surface area contributed by atoms with Crippen molar-refractivity contribution in [1.29, 1.82) is 0 Å². The molecule has 2 aromatic carbocycles. The average Bonchev–Trinajstić information content (AvgIpc) is 3.23. The molecule has 0 saturated carbocycles. The van der Waals surface area contributed by atoms with Gasteiger partial charge in [-0.2, -0.15) is 0 Å². The van der Waals surface area contributed by atoms with Crippen molar-refractivity contribution < 1.29 is 23.8 Å². The van der Waals surface area contributed by atoms with Crippen molar-refractivity contribution in [3.05, 3.63) is 52.4 Å². The average molecular weight is 355 g/mol. The molecule has 0 saturated heterocycles. The Hall–Kier alpha value is -3.75. The number of fused-ring (bicyclic) bond motifs is 2. The summed E-state index contributed by atoms with van der Waals surface area (Å²) in [7, 11) is 0. The van der Waals surface area contributed by atoms with E-state index >= 15 is 0 Å². The van der Waals surface area contributed by atoms with Crippen LogP contribution in [0, 0.1) is 0 Å². The van der Waals surface area contributed by atoms with Crippen LogP contribution >= 0.6 is 0 Å². The van der Waals surface area contributed by atoms with Crippen molar-refractivity contribution in [1.82, 2.24) is 9.97 Å². The van der Waals surface area contributed by atoms with Crippen LogP contribution in [0.4, 0.5) is 5.69 Å². The van der Waals surface area contributed by atoms with Crippen LogP contribution in [-0.4, -0.2) is 35.2 Å². The summed E-state index contributed by atoms with van der Waals surface area (Å²) in [6.07, 6.45) is 0. The van der Waals surface area contributed by atoms with Crippen molar-refractivity contribution in [2.45, 2.75) is 0 Å². The molecule has 0 spiro atoms. The van der Waals surface area contributed by atoms with Crippen molar-refractivity contribution in [2.75, 3.05) is 18.7 Å². The summed E-state index contributed by atoms with van der Waals surface area (Å²) in [6, 6.07) is 9.52. The maximum Gasteiger partial charge on any atom is 0.338 e. The molecule has 0 atom stereocenters. The number of benzene rings is 2. The third kappa shape index (κ3) is 3.09. The van der Waals surface area contributed by atoms with Gasteiger partial charge < -0.3 is 29.5 Å². The van der Waals surface area contributed by atoms with Crippen LogP contribution in [0.2, 0.25) is 0 Å². The molecular weight excluding hydrogens is 342 g/mol. The topological polar surface area (TPSA) is 123 Å². The number of carbonyl (C=O) groups is 2. The fraction of sp³-hybridized carbons (Fsp3) is 0.118. The summed E-state index contributed by atoms with van der Waals surface area (Å²) in [6.45, 7) is -0.345. The van der Waals surface area contributed by atoms with Crippen molar-refractivity contribution in [2.24, 2.45) is 0 Å². The number of nitrogens with one attached hydrogen (secondary N) is 3. The number of hydrogen-bond acceptors (Lipinski definition) is 6. The fourth-order valence-corrected chi connectivity index (χ4v) is 2.55. The van der Waals surface area contributed by atoms with Crippen molar-refractivity contribution in [3.63, 3.8) is 0 Å².